The van der Waals surface area contributed by atoms with Gasteiger partial charge < -0.3 is 15.1 Å². The molecule has 0 spiro atoms. The minimum absolute atomic E-state index is 0.0135. The van der Waals surface area contributed by atoms with Gasteiger partial charge in [0.15, 0.2) is 0 Å². The van der Waals surface area contributed by atoms with Gasteiger partial charge in [-0.15, -0.1) is 11.3 Å². The molecule has 3 heterocycles. The Hall–Kier alpha value is -1.89. The van der Waals surface area contributed by atoms with Gasteiger partial charge in [-0.05, 0) is 11.4 Å². The van der Waals surface area contributed by atoms with Gasteiger partial charge in [0.05, 0.1) is 17.3 Å². The van der Waals surface area contributed by atoms with Crippen LogP contribution in [0.25, 0.3) is 0 Å². The maximum Gasteiger partial charge on any atom is 0.263 e. The highest BCUT2D eigenvalue weighted by Crippen LogP contribution is 2.22. The summed E-state index contributed by atoms with van der Waals surface area (Å²) < 4.78 is 0. The number of piperazine rings is 1. The summed E-state index contributed by atoms with van der Waals surface area (Å²) in [6.07, 6.45) is 0. The summed E-state index contributed by atoms with van der Waals surface area (Å²) in [4.78, 5) is 39.5. The predicted molar refractivity (Wildman–Crippen MR) is 73.3 cm³/mol. The van der Waals surface area contributed by atoms with E-state index in [1.165, 1.54) is 11.3 Å². The Morgan fingerprint density at radius 3 is 2.75 bits per heavy atom. The number of nitrogens with one attached hydrogen (secondary N) is 1. The molecule has 0 aliphatic carbocycles. The molecule has 3 rings (SSSR count). The third-order valence-electron chi connectivity index (χ3n) is 3.60. The van der Waals surface area contributed by atoms with E-state index >= 15 is 0 Å². The summed E-state index contributed by atoms with van der Waals surface area (Å²) in [5.74, 6) is -0.309. The van der Waals surface area contributed by atoms with Crippen LogP contribution in [-0.2, 0) is 9.59 Å². The Bertz CT molecular complexity index is 537. The number of hydrogen-bond acceptors (Lipinski definition) is 4. The molecule has 2 fully saturated rings. The minimum Gasteiger partial charge on any atom is -0.353 e. The van der Waals surface area contributed by atoms with Crippen LogP contribution in [0.5, 0.6) is 0 Å². The zero-order valence-corrected chi connectivity index (χ0v) is 11.7. The zero-order valence-electron chi connectivity index (χ0n) is 10.9. The van der Waals surface area contributed by atoms with Crippen molar-refractivity contribution in [3.05, 3.63) is 22.4 Å². The van der Waals surface area contributed by atoms with Gasteiger partial charge in [-0.25, -0.2) is 0 Å². The SMILES string of the molecule is O=C1CN(C(=O)C2CN(C(=O)c3cccs3)C2)CCN1. The molecule has 106 valence electrons. The number of likely N-dealkylation sites (tertiary alicyclic amines) is 1. The summed E-state index contributed by atoms with van der Waals surface area (Å²) in [6, 6.07) is 3.63. The van der Waals surface area contributed by atoms with E-state index in [9.17, 15) is 14.4 Å². The molecule has 0 unspecified atom stereocenters. The molecule has 6 nitrogen and oxygen atoms in total. The van der Waals surface area contributed by atoms with Crippen LogP contribution in [0.4, 0.5) is 0 Å². The van der Waals surface area contributed by atoms with Crippen molar-refractivity contribution in [1.29, 1.82) is 0 Å². The first kappa shape index (κ1) is 13.1. The molecule has 0 radical (unpaired) electrons. The Morgan fingerprint density at radius 2 is 2.10 bits per heavy atom. The minimum atomic E-state index is -0.162. The Kier molecular flexibility index (Phi) is 3.43. The smallest absolute Gasteiger partial charge is 0.263 e. The number of nitrogens with zero attached hydrogens (tertiary/aromatic N) is 2. The van der Waals surface area contributed by atoms with Crippen LogP contribution in [0, 0.1) is 5.92 Å². The lowest BCUT2D eigenvalue weighted by molar-refractivity contribution is -0.144. The number of carbonyl (C=O) groups excluding carboxylic acids is 3. The van der Waals surface area contributed by atoms with Gasteiger partial charge in [0, 0.05) is 26.2 Å². The lowest BCUT2D eigenvalue weighted by Gasteiger charge is -2.41. The van der Waals surface area contributed by atoms with Gasteiger partial charge >= 0.3 is 0 Å². The zero-order chi connectivity index (χ0) is 14.1. The molecule has 7 heteroatoms. The third-order valence-corrected chi connectivity index (χ3v) is 4.46. The van der Waals surface area contributed by atoms with Crippen molar-refractivity contribution in [2.24, 2.45) is 5.92 Å². The highest BCUT2D eigenvalue weighted by Gasteiger charge is 2.39. The van der Waals surface area contributed by atoms with Crippen molar-refractivity contribution in [2.75, 3.05) is 32.7 Å². The van der Waals surface area contributed by atoms with E-state index in [1.54, 1.807) is 15.9 Å². The quantitative estimate of drug-likeness (QED) is 0.819. The van der Waals surface area contributed by atoms with Crippen molar-refractivity contribution in [3.63, 3.8) is 0 Å². The predicted octanol–water partition coefficient (Wildman–Crippen LogP) is -0.221. The molecular weight excluding hydrogens is 278 g/mol. The first-order valence-corrected chi connectivity index (χ1v) is 7.41. The maximum atomic E-state index is 12.2. The molecule has 3 amide bonds. The standard InChI is InChI=1S/C13H15N3O3S/c17-11-8-15(4-3-14-11)12(18)9-6-16(7-9)13(19)10-2-1-5-20-10/h1-2,5,9H,3-4,6-8H2,(H,14,17). The van der Waals surface area contributed by atoms with Crippen LogP contribution in [0.15, 0.2) is 17.5 Å². The largest absolute Gasteiger partial charge is 0.353 e. The molecule has 0 bridgehead atoms. The molecule has 2 aliphatic heterocycles. The summed E-state index contributed by atoms with van der Waals surface area (Å²) in [6.45, 7) is 2.10. The van der Waals surface area contributed by atoms with Crippen molar-refractivity contribution >= 4 is 29.1 Å². The molecule has 1 N–H and O–H groups in total. The lowest BCUT2D eigenvalue weighted by Crippen LogP contribution is -2.59. The second kappa shape index (κ2) is 5.24. The van der Waals surface area contributed by atoms with E-state index in [2.05, 4.69) is 5.32 Å². The number of hydrogen-bond donors (Lipinski definition) is 1. The van der Waals surface area contributed by atoms with Gasteiger partial charge in [-0.1, -0.05) is 6.07 Å². The molecule has 0 aromatic carbocycles. The fraction of sp³-hybridized carbons (Fsp3) is 0.462. The molecule has 0 saturated carbocycles. The van der Waals surface area contributed by atoms with Crippen LogP contribution in [0.2, 0.25) is 0 Å². The molecule has 2 saturated heterocycles. The number of carbonyl (C=O) groups is 3. The maximum absolute atomic E-state index is 12.2. The van der Waals surface area contributed by atoms with Gasteiger partial charge in [0.25, 0.3) is 5.91 Å². The molecule has 20 heavy (non-hydrogen) atoms. The van der Waals surface area contributed by atoms with Gasteiger partial charge in [-0.3, -0.25) is 14.4 Å². The first-order valence-electron chi connectivity index (χ1n) is 6.53. The van der Waals surface area contributed by atoms with E-state index in [0.29, 0.717) is 31.1 Å². The number of rotatable bonds is 2. The Morgan fingerprint density at radius 1 is 1.30 bits per heavy atom. The van der Waals surface area contributed by atoms with Gasteiger partial charge in [-0.2, -0.15) is 0 Å². The third kappa shape index (κ3) is 2.40. The van der Waals surface area contributed by atoms with Gasteiger partial charge in [0.1, 0.15) is 0 Å². The second-order valence-corrected chi connectivity index (χ2v) is 5.94. The average Bonchev–Trinajstić information content (AvgIpc) is 2.90. The van der Waals surface area contributed by atoms with E-state index in [1.807, 2.05) is 11.4 Å². The van der Waals surface area contributed by atoms with Crippen molar-refractivity contribution in [1.82, 2.24) is 15.1 Å². The highest BCUT2D eigenvalue weighted by atomic mass is 32.1. The van der Waals surface area contributed by atoms with Crippen LogP contribution in [0.3, 0.4) is 0 Å². The normalized spacial score (nSPS) is 19.5. The molecule has 1 aromatic heterocycles. The van der Waals surface area contributed by atoms with E-state index in [0.717, 1.165) is 0 Å². The van der Waals surface area contributed by atoms with Crippen LogP contribution >= 0.6 is 11.3 Å². The van der Waals surface area contributed by atoms with E-state index in [4.69, 9.17) is 0 Å². The average molecular weight is 293 g/mol. The molecule has 1 aromatic rings. The lowest BCUT2D eigenvalue weighted by atomic mass is 9.97. The van der Waals surface area contributed by atoms with E-state index in [-0.39, 0.29) is 30.2 Å². The fourth-order valence-corrected chi connectivity index (χ4v) is 3.13. The van der Waals surface area contributed by atoms with Gasteiger partial charge in [0.2, 0.25) is 11.8 Å². The van der Waals surface area contributed by atoms with Crippen molar-refractivity contribution in [3.8, 4) is 0 Å². The highest BCUT2D eigenvalue weighted by molar-refractivity contribution is 7.12. The topological polar surface area (TPSA) is 69.7 Å². The summed E-state index contributed by atoms with van der Waals surface area (Å²) >= 11 is 1.41. The van der Waals surface area contributed by atoms with Crippen LogP contribution < -0.4 is 5.32 Å². The fourth-order valence-electron chi connectivity index (χ4n) is 2.44. The number of amides is 3. The Balaban J connectivity index is 1.53. The van der Waals surface area contributed by atoms with Crippen molar-refractivity contribution in [2.45, 2.75) is 0 Å². The molecular formula is C13H15N3O3S. The van der Waals surface area contributed by atoms with Crippen LogP contribution in [-0.4, -0.2) is 60.2 Å². The van der Waals surface area contributed by atoms with Crippen LogP contribution in [0.1, 0.15) is 9.67 Å². The second-order valence-electron chi connectivity index (χ2n) is 4.99. The first-order chi connectivity index (χ1) is 9.65. The monoisotopic (exact) mass is 293 g/mol. The summed E-state index contributed by atoms with van der Waals surface area (Å²) in [5, 5.41) is 4.55. The number of thiophene rings is 1. The molecule has 0 atom stereocenters. The molecule has 2 aliphatic rings. The summed E-state index contributed by atoms with van der Waals surface area (Å²) in [7, 11) is 0. The van der Waals surface area contributed by atoms with Crippen molar-refractivity contribution < 1.29 is 14.4 Å². The Labute approximate surface area is 120 Å². The summed E-state index contributed by atoms with van der Waals surface area (Å²) in [5.41, 5.74) is 0. The van der Waals surface area contributed by atoms with E-state index < -0.39 is 0 Å².